The van der Waals surface area contributed by atoms with E-state index in [0.29, 0.717) is 52.2 Å². The van der Waals surface area contributed by atoms with E-state index >= 15 is 0 Å². The number of aromatic nitrogens is 2. The van der Waals surface area contributed by atoms with Crippen LogP contribution in [0.2, 0.25) is 0 Å². The van der Waals surface area contributed by atoms with Crippen LogP contribution in [0.1, 0.15) is 57.2 Å². The summed E-state index contributed by atoms with van der Waals surface area (Å²) < 4.78 is 29.0. The molecule has 2 aromatic rings. The summed E-state index contributed by atoms with van der Waals surface area (Å²) >= 11 is 0. The number of halogens is 2. The molecule has 38 heavy (non-hydrogen) atoms. The Bertz CT molecular complexity index is 1230. The number of amides is 3. The second kappa shape index (κ2) is 9.87. The summed E-state index contributed by atoms with van der Waals surface area (Å²) in [6.07, 6.45) is 2.22. The van der Waals surface area contributed by atoms with E-state index in [1.807, 2.05) is 11.8 Å². The van der Waals surface area contributed by atoms with Gasteiger partial charge < -0.3 is 15.5 Å². The summed E-state index contributed by atoms with van der Waals surface area (Å²) in [6.45, 7) is 10.7. The van der Waals surface area contributed by atoms with Crippen LogP contribution in [0.4, 0.5) is 13.6 Å². The van der Waals surface area contributed by atoms with Gasteiger partial charge in [-0.3, -0.25) is 9.69 Å². The summed E-state index contributed by atoms with van der Waals surface area (Å²) in [5.74, 6) is -1.05. The van der Waals surface area contributed by atoms with Gasteiger partial charge in [-0.2, -0.15) is 10.2 Å². The molecule has 2 atom stereocenters. The first-order chi connectivity index (χ1) is 18.1. The first-order valence-corrected chi connectivity index (χ1v) is 13.5. The van der Waals surface area contributed by atoms with Gasteiger partial charge in [0.05, 0.1) is 17.0 Å². The quantitative estimate of drug-likeness (QED) is 0.596. The highest BCUT2D eigenvalue weighted by atomic mass is 19.1. The topological polar surface area (TPSA) is 95.7 Å². The number of likely N-dealkylation sites (N-methyl/N-ethyl adjacent to an activating group) is 1. The van der Waals surface area contributed by atoms with Crippen LogP contribution in [0.5, 0.6) is 0 Å². The van der Waals surface area contributed by atoms with Crippen molar-refractivity contribution in [2.45, 2.75) is 51.4 Å². The fraction of sp³-hybridized carbons (Fsp3) is 0.571. The zero-order valence-corrected chi connectivity index (χ0v) is 22.3. The van der Waals surface area contributed by atoms with Crippen molar-refractivity contribution in [2.75, 3.05) is 45.8 Å². The number of nitrogens with zero attached hydrogens (tertiary/aromatic N) is 5. The van der Waals surface area contributed by atoms with Crippen LogP contribution in [-0.2, 0) is 10.2 Å². The average molecular weight is 527 g/mol. The summed E-state index contributed by atoms with van der Waals surface area (Å²) in [4.78, 5) is 30.5. The lowest BCUT2D eigenvalue weighted by atomic mass is 9.68. The maximum atomic E-state index is 14.5. The molecule has 0 spiro atoms. The molecule has 1 aliphatic heterocycles. The third-order valence-electron chi connectivity index (χ3n) is 9.36. The molecule has 1 aromatic heterocycles. The number of carbonyl (C=O) groups is 2. The lowest BCUT2D eigenvalue weighted by Gasteiger charge is -2.41. The molecular formula is C28H36F2N6O2. The van der Waals surface area contributed by atoms with E-state index in [1.165, 1.54) is 18.2 Å². The number of rotatable bonds is 7. The summed E-state index contributed by atoms with van der Waals surface area (Å²) in [5.41, 5.74) is 6.71. The predicted molar refractivity (Wildman–Crippen MR) is 139 cm³/mol. The van der Waals surface area contributed by atoms with Crippen molar-refractivity contribution in [3.8, 4) is 11.3 Å². The molecule has 2 fully saturated rings. The molecule has 10 heteroatoms. The van der Waals surface area contributed by atoms with Gasteiger partial charge in [0.1, 0.15) is 11.6 Å². The molecule has 2 aliphatic carbocycles. The van der Waals surface area contributed by atoms with Crippen molar-refractivity contribution in [2.24, 2.45) is 11.1 Å². The molecule has 1 saturated heterocycles. The van der Waals surface area contributed by atoms with E-state index in [2.05, 4.69) is 28.9 Å². The van der Waals surface area contributed by atoms with Gasteiger partial charge in [0.2, 0.25) is 5.91 Å². The van der Waals surface area contributed by atoms with Crippen molar-refractivity contribution < 1.29 is 18.4 Å². The van der Waals surface area contributed by atoms with Crippen molar-refractivity contribution in [3.63, 3.8) is 0 Å². The zero-order valence-electron chi connectivity index (χ0n) is 22.3. The Labute approximate surface area is 222 Å². The molecule has 1 saturated carbocycles. The van der Waals surface area contributed by atoms with E-state index in [1.54, 1.807) is 11.0 Å². The molecule has 0 radical (unpaired) electrons. The number of nitrogens with two attached hydrogens (primary N) is 1. The van der Waals surface area contributed by atoms with Gasteiger partial charge in [-0.15, -0.1) is 0 Å². The van der Waals surface area contributed by atoms with E-state index in [0.717, 1.165) is 24.1 Å². The number of hydrogen-bond donors (Lipinski definition) is 1. The maximum absolute atomic E-state index is 14.5. The van der Waals surface area contributed by atoms with E-state index in [4.69, 9.17) is 5.73 Å². The fourth-order valence-electron chi connectivity index (χ4n) is 6.95. The van der Waals surface area contributed by atoms with E-state index in [-0.39, 0.29) is 33.9 Å². The number of piperazine rings is 1. The molecule has 2 heterocycles. The van der Waals surface area contributed by atoms with Gasteiger partial charge in [0, 0.05) is 57.6 Å². The molecule has 0 unspecified atom stereocenters. The number of hydrogen-bond acceptors (Lipinski definition) is 5. The molecule has 2 N–H and O–H groups in total. The number of carbonyl (C=O) groups excluding carboxylic acids is 2. The molecular weight excluding hydrogens is 490 g/mol. The highest BCUT2D eigenvalue weighted by Gasteiger charge is 2.64. The fourth-order valence-corrected chi connectivity index (χ4v) is 6.95. The molecule has 3 aliphatic rings. The number of primary amides is 1. The number of urea groups is 1. The van der Waals surface area contributed by atoms with Crippen LogP contribution in [-0.4, -0.2) is 82.6 Å². The van der Waals surface area contributed by atoms with Crippen molar-refractivity contribution in [3.05, 3.63) is 47.2 Å². The lowest BCUT2D eigenvalue weighted by Crippen LogP contribution is -2.51. The van der Waals surface area contributed by atoms with Crippen LogP contribution in [0.25, 0.3) is 11.3 Å². The standard InChI is InChI=1S/C28H36F2N6O2/c1-4-35(23(37)9-11-34-12-14-36(15-13-34)26(31)38)17-28-10-8-19(27(28,2)3)18-16-22(32-33-25(18)28)24-20(29)6-5-7-21(24)30/h5-7,16,19H,4,8-15,17H2,1-3H3,(H2,31,38)/t19-,28-/m0/s1. The van der Waals surface area contributed by atoms with Gasteiger partial charge in [-0.25, -0.2) is 13.6 Å². The molecule has 1 aromatic carbocycles. The molecule has 3 amide bonds. The lowest BCUT2D eigenvalue weighted by molar-refractivity contribution is -0.133. The van der Waals surface area contributed by atoms with Gasteiger partial charge in [-0.1, -0.05) is 19.9 Å². The van der Waals surface area contributed by atoms with Gasteiger partial charge in [0.15, 0.2) is 0 Å². The van der Waals surface area contributed by atoms with E-state index in [9.17, 15) is 18.4 Å². The van der Waals surface area contributed by atoms with Crippen molar-refractivity contribution in [1.82, 2.24) is 24.9 Å². The Balaban J connectivity index is 1.34. The van der Waals surface area contributed by atoms with Crippen LogP contribution in [0, 0.1) is 17.0 Å². The first kappa shape index (κ1) is 26.5. The summed E-state index contributed by atoms with van der Waals surface area (Å²) in [7, 11) is 0. The second-order valence-electron chi connectivity index (χ2n) is 11.4. The Hall–Kier alpha value is -3.14. The average Bonchev–Trinajstić information content (AvgIpc) is 3.25. The minimum absolute atomic E-state index is 0.0879. The summed E-state index contributed by atoms with van der Waals surface area (Å²) in [6, 6.07) is 5.20. The smallest absolute Gasteiger partial charge is 0.314 e. The Morgan fingerprint density at radius 2 is 1.82 bits per heavy atom. The SMILES string of the molecule is CCN(C[C@@]12CC[C@@H](c3cc(-c4c(F)cccc4F)nnc31)C2(C)C)C(=O)CCN1CCN(C(N)=O)CC1. The minimum atomic E-state index is -0.657. The highest BCUT2D eigenvalue weighted by molar-refractivity contribution is 5.77. The normalized spacial score (nSPS) is 23.9. The third kappa shape index (κ3) is 4.22. The summed E-state index contributed by atoms with van der Waals surface area (Å²) in [5, 5.41) is 8.87. The first-order valence-electron chi connectivity index (χ1n) is 13.5. The van der Waals surface area contributed by atoms with Crippen LogP contribution in [0.15, 0.2) is 24.3 Å². The molecule has 5 rings (SSSR count). The Morgan fingerprint density at radius 1 is 1.13 bits per heavy atom. The zero-order chi connectivity index (χ0) is 27.2. The second-order valence-corrected chi connectivity index (χ2v) is 11.4. The van der Waals surface area contributed by atoms with Crippen molar-refractivity contribution in [1.29, 1.82) is 0 Å². The van der Waals surface area contributed by atoms with Crippen LogP contribution in [0.3, 0.4) is 0 Å². The molecule has 204 valence electrons. The molecule has 8 nitrogen and oxygen atoms in total. The maximum Gasteiger partial charge on any atom is 0.314 e. The monoisotopic (exact) mass is 526 g/mol. The Morgan fingerprint density at radius 3 is 2.45 bits per heavy atom. The predicted octanol–water partition coefficient (Wildman–Crippen LogP) is 3.51. The van der Waals surface area contributed by atoms with E-state index < -0.39 is 17.7 Å². The van der Waals surface area contributed by atoms with Gasteiger partial charge in [-0.05, 0) is 54.9 Å². The minimum Gasteiger partial charge on any atom is -0.351 e. The van der Waals surface area contributed by atoms with Crippen molar-refractivity contribution >= 4 is 11.9 Å². The number of benzene rings is 1. The number of fused-ring (bicyclic) bond motifs is 5. The van der Waals surface area contributed by atoms with Gasteiger partial charge >= 0.3 is 6.03 Å². The van der Waals surface area contributed by atoms with Crippen LogP contribution >= 0.6 is 0 Å². The van der Waals surface area contributed by atoms with Gasteiger partial charge in [0.25, 0.3) is 0 Å². The largest absolute Gasteiger partial charge is 0.351 e. The van der Waals surface area contributed by atoms with Crippen LogP contribution < -0.4 is 5.73 Å². The molecule has 2 bridgehead atoms. The Kier molecular flexibility index (Phi) is 6.87. The highest BCUT2D eigenvalue weighted by Crippen LogP contribution is 2.67. The third-order valence-corrected chi connectivity index (χ3v) is 9.36.